The number of oxime groups is 1. The van der Waals surface area contributed by atoms with Gasteiger partial charge in [0.05, 0.1) is 11.9 Å². The molecule has 3 N–H and O–H groups in total. The fourth-order valence-corrected chi connectivity index (χ4v) is 2.90. The number of pyridine rings is 1. The quantitative estimate of drug-likeness (QED) is 0.383. The van der Waals surface area contributed by atoms with Crippen molar-refractivity contribution in [2.45, 2.75) is 39.0 Å². The van der Waals surface area contributed by atoms with Crippen LogP contribution in [-0.2, 0) is 0 Å². The van der Waals surface area contributed by atoms with Gasteiger partial charge < -0.3 is 15.8 Å². The molecule has 5 nitrogen and oxygen atoms in total. The predicted molar refractivity (Wildman–Crippen MR) is 81.2 cm³/mol. The molecule has 0 saturated carbocycles. The molecular weight excluding hydrogens is 252 g/mol. The molecule has 110 valence electrons. The van der Waals surface area contributed by atoms with Crippen molar-refractivity contribution in [3.8, 4) is 0 Å². The van der Waals surface area contributed by atoms with E-state index in [1.165, 1.54) is 32.1 Å². The lowest BCUT2D eigenvalue weighted by Gasteiger charge is -2.22. The maximum absolute atomic E-state index is 8.64. The molecule has 2 heterocycles. The molecular formula is C15H24N4O. The minimum atomic E-state index is 0.0513. The van der Waals surface area contributed by atoms with Gasteiger partial charge in [-0.25, -0.2) is 0 Å². The fraction of sp³-hybridized carbons (Fsp3) is 0.600. The number of anilines is 1. The Labute approximate surface area is 120 Å². The van der Waals surface area contributed by atoms with Crippen LogP contribution >= 0.6 is 0 Å². The van der Waals surface area contributed by atoms with Gasteiger partial charge >= 0.3 is 0 Å². The van der Waals surface area contributed by atoms with E-state index in [9.17, 15) is 0 Å². The molecule has 0 spiro atoms. The fourth-order valence-electron chi connectivity index (χ4n) is 2.90. The molecule has 1 saturated heterocycles. The number of rotatable bonds is 4. The first-order valence-corrected chi connectivity index (χ1v) is 7.43. The Morgan fingerprint density at radius 1 is 1.45 bits per heavy atom. The number of nitrogens with zero attached hydrogens (tertiary/aromatic N) is 3. The van der Waals surface area contributed by atoms with Gasteiger partial charge in [0, 0.05) is 13.1 Å². The third-order valence-corrected chi connectivity index (χ3v) is 4.03. The zero-order valence-corrected chi connectivity index (χ0v) is 12.1. The van der Waals surface area contributed by atoms with Gasteiger partial charge in [-0.05, 0) is 37.3 Å². The zero-order valence-electron chi connectivity index (χ0n) is 12.1. The molecule has 1 aromatic heterocycles. The largest absolute Gasteiger partial charge is 0.409 e. The van der Waals surface area contributed by atoms with E-state index in [1.54, 1.807) is 6.07 Å². The summed E-state index contributed by atoms with van der Waals surface area (Å²) in [5, 5.41) is 11.6. The second-order valence-corrected chi connectivity index (χ2v) is 5.46. The Morgan fingerprint density at radius 2 is 2.30 bits per heavy atom. The van der Waals surface area contributed by atoms with Gasteiger partial charge in [-0.3, -0.25) is 4.98 Å². The first kappa shape index (κ1) is 14.6. The Balaban J connectivity index is 2.01. The number of aromatic nitrogens is 1. The van der Waals surface area contributed by atoms with Crippen LogP contribution in [0.5, 0.6) is 0 Å². The van der Waals surface area contributed by atoms with Gasteiger partial charge in [0.25, 0.3) is 0 Å². The van der Waals surface area contributed by atoms with E-state index in [1.807, 2.05) is 12.3 Å². The van der Waals surface area contributed by atoms with E-state index in [0.717, 1.165) is 24.7 Å². The lowest BCUT2D eigenvalue weighted by atomic mass is 9.96. The number of nitrogens with two attached hydrogens (primary N) is 1. The molecule has 0 bridgehead atoms. The third-order valence-electron chi connectivity index (χ3n) is 4.03. The summed E-state index contributed by atoms with van der Waals surface area (Å²) >= 11 is 0. The summed E-state index contributed by atoms with van der Waals surface area (Å²) in [6.07, 6.45) is 8.27. The minimum Gasteiger partial charge on any atom is -0.409 e. The maximum Gasteiger partial charge on any atom is 0.188 e. The van der Waals surface area contributed by atoms with E-state index in [2.05, 4.69) is 22.0 Å². The minimum absolute atomic E-state index is 0.0513. The van der Waals surface area contributed by atoms with Crippen molar-refractivity contribution in [1.82, 2.24) is 4.98 Å². The number of amidine groups is 1. The highest BCUT2D eigenvalue weighted by Gasteiger charge is 2.17. The average Bonchev–Trinajstić information content (AvgIpc) is 2.73. The Kier molecular flexibility index (Phi) is 5.21. The van der Waals surface area contributed by atoms with Crippen LogP contribution in [-0.4, -0.2) is 29.1 Å². The first-order valence-electron chi connectivity index (χ1n) is 7.43. The first-order chi connectivity index (χ1) is 9.74. The van der Waals surface area contributed by atoms with Crippen LogP contribution < -0.4 is 10.6 Å². The van der Waals surface area contributed by atoms with Crippen LogP contribution in [0.1, 0.15) is 44.7 Å². The molecule has 1 fully saturated rings. The van der Waals surface area contributed by atoms with Crippen molar-refractivity contribution < 1.29 is 5.21 Å². The van der Waals surface area contributed by atoms with Crippen molar-refractivity contribution in [2.75, 3.05) is 18.0 Å². The molecule has 1 unspecified atom stereocenters. The Hall–Kier alpha value is -1.78. The van der Waals surface area contributed by atoms with Crippen LogP contribution in [0, 0.1) is 5.92 Å². The van der Waals surface area contributed by atoms with Gasteiger partial charge in [-0.1, -0.05) is 24.9 Å². The van der Waals surface area contributed by atoms with Crippen LogP contribution in [0.3, 0.4) is 0 Å². The van der Waals surface area contributed by atoms with Crippen molar-refractivity contribution in [2.24, 2.45) is 16.8 Å². The Bertz CT molecular complexity index is 444. The molecule has 1 aromatic rings. The van der Waals surface area contributed by atoms with Crippen LogP contribution in [0.2, 0.25) is 0 Å². The van der Waals surface area contributed by atoms with Crippen LogP contribution in [0.4, 0.5) is 5.69 Å². The van der Waals surface area contributed by atoms with Gasteiger partial charge in [-0.15, -0.1) is 0 Å². The second kappa shape index (κ2) is 7.12. The molecule has 20 heavy (non-hydrogen) atoms. The van der Waals surface area contributed by atoms with Crippen molar-refractivity contribution >= 4 is 11.5 Å². The van der Waals surface area contributed by atoms with E-state index < -0.39 is 0 Å². The van der Waals surface area contributed by atoms with Crippen LogP contribution in [0.25, 0.3) is 0 Å². The monoisotopic (exact) mass is 276 g/mol. The summed E-state index contributed by atoms with van der Waals surface area (Å²) < 4.78 is 0. The highest BCUT2D eigenvalue weighted by Crippen LogP contribution is 2.25. The normalized spacial score (nSPS) is 20.8. The summed E-state index contributed by atoms with van der Waals surface area (Å²) in [4.78, 5) is 6.64. The van der Waals surface area contributed by atoms with E-state index >= 15 is 0 Å². The smallest absolute Gasteiger partial charge is 0.188 e. The van der Waals surface area contributed by atoms with Crippen molar-refractivity contribution in [3.63, 3.8) is 0 Å². The standard InChI is InChI=1S/C15H24N4O/c1-2-4-12-5-3-9-19(10-8-12)13-6-7-14(17-11-13)15(16)18-20/h6-7,11-12,20H,2-5,8-10H2,1H3,(H2,16,18). The molecule has 0 aromatic carbocycles. The Morgan fingerprint density at radius 3 is 2.95 bits per heavy atom. The van der Waals surface area contributed by atoms with E-state index in [-0.39, 0.29) is 5.84 Å². The topological polar surface area (TPSA) is 74.7 Å². The molecule has 5 heteroatoms. The third kappa shape index (κ3) is 3.62. The molecule has 0 radical (unpaired) electrons. The highest BCUT2D eigenvalue weighted by molar-refractivity contribution is 5.95. The summed E-state index contributed by atoms with van der Waals surface area (Å²) in [5.41, 5.74) is 7.15. The molecule has 1 atom stereocenters. The highest BCUT2D eigenvalue weighted by atomic mass is 16.4. The van der Waals surface area contributed by atoms with E-state index in [0.29, 0.717) is 5.69 Å². The van der Waals surface area contributed by atoms with Crippen molar-refractivity contribution in [1.29, 1.82) is 0 Å². The molecule has 2 rings (SSSR count). The number of hydrogen-bond donors (Lipinski definition) is 2. The predicted octanol–water partition coefficient (Wildman–Crippen LogP) is 2.58. The molecule has 0 amide bonds. The van der Waals surface area contributed by atoms with Gasteiger partial charge in [0.1, 0.15) is 5.69 Å². The maximum atomic E-state index is 8.64. The summed E-state index contributed by atoms with van der Waals surface area (Å²) in [6.45, 7) is 4.44. The summed E-state index contributed by atoms with van der Waals surface area (Å²) in [5.74, 6) is 0.921. The van der Waals surface area contributed by atoms with E-state index in [4.69, 9.17) is 10.9 Å². The molecule has 1 aliphatic rings. The molecule has 0 aliphatic carbocycles. The van der Waals surface area contributed by atoms with Gasteiger partial charge in [-0.2, -0.15) is 0 Å². The van der Waals surface area contributed by atoms with Gasteiger partial charge in [0.2, 0.25) is 0 Å². The number of hydrogen-bond acceptors (Lipinski definition) is 4. The molecule has 1 aliphatic heterocycles. The average molecular weight is 276 g/mol. The SMILES string of the molecule is CCCC1CCCN(c2ccc(/C(N)=N/O)nc2)CC1. The van der Waals surface area contributed by atoms with Gasteiger partial charge in [0.15, 0.2) is 5.84 Å². The summed E-state index contributed by atoms with van der Waals surface area (Å²) in [6, 6.07) is 3.80. The lowest BCUT2D eigenvalue weighted by Crippen LogP contribution is -2.24. The second-order valence-electron chi connectivity index (χ2n) is 5.46. The zero-order chi connectivity index (χ0) is 14.4. The summed E-state index contributed by atoms with van der Waals surface area (Å²) in [7, 11) is 0. The van der Waals surface area contributed by atoms with Crippen molar-refractivity contribution in [3.05, 3.63) is 24.0 Å². The van der Waals surface area contributed by atoms with Crippen LogP contribution in [0.15, 0.2) is 23.5 Å². The lowest BCUT2D eigenvalue weighted by molar-refractivity contribution is 0.318.